The van der Waals surface area contributed by atoms with Gasteiger partial charge in [-0.1, -0.05) is 60.2 Å². The van der Waals surface area contributed by atoms with Crippen molar-refractivity contribution in [2.75, 3.05) is 14.2 Å². The maximum absolute atomic E-state index is 11.2. The van der Waals surface area contributed by atoms with Crippen molar-refractivity contribution in [3.8, 4) is 0 Å². The van der Waals surface area contributed by atoms with E-state index in [0.29, 0.717) is 6.42 Å². The van der Waals surface area contributed by atoms with Gasteiger partial charge in [0, 0.05) is 25.3 Å². The molecule has 0 saturated heterocycles. The van der Waals surface area contributed by atoms with Crippen LogP contribution in [0.4, 0.5) is 0 Å². The standard InChI is InChI=1S/C21H24O3/c1-16-13-14-20(22,15-16)18-11-7-8-12-19(18)21(23-2,24-3)17-9-5-4-6-10-17/h4-12,15,22H,13-14H2,1-3H3. The van der Waals surface area contributed by atoms with Crippen molar-refractivity contribution in [1.82, 2.24) is 0 Å². The zero-order chi connectivity index (χ0) is 17.2. The first-order valence-electron chi connectivity index (χ1n) is 8.22. The molecule has 1 aliphatic carbocycles. The molecule has 0 heterocycles. The lowest BCUT2D eigenvalue weighted by Gasteiger charge is -2.36. The third kappa shape index (κ3) is 2.69. The molecular weight excluding hydrogens is 300 g/mol. The number of rotatable bonds is 5. The summed E-state index contributed by atoms with van der Waals surface area (Å²) >= 11 is 0. The molecule has 1 N–H and O–H groups in total. The molecule has 1 unspecified atom stereocenters. The van der Waals surface area contributed by atoms with Gasteiger partial charge in [-0.05, 0) is 31.4 Å². The topological polar surface area (TPSA) is 38.7 Å². The van der Waals surface area contributed by atoms with E-state index >= 15 is 0 Å². The van der Waals surface area contributed by atoms with Crippen LogP contribution in [0, 0.1) is 0 Å². The number of allylic oxidation sites excluding steroid dienone is 1. The molecule has 3 rings (SSSR count). The number of hydrogen-bond acceptors (Lipinski definition) is 3. The molecule has 0 spiro atoms. The van der Waals surface area contributed by atoms with Crippen LogP contribution in [0.2, 0.25) is 0 Å². The molecule has 0 aliphatic heterocycles. The van der Waals surface area contributed by atoms with E-state index < -0.39 is 11.4 Å². The normalized spacial score (nSPS) is 20.9. The molecule has 3 nitrogen and oxygen atoms in total. The highest BCUT2D eigenvalue weighted by atomic mass is 16.7. The number of benzene rings is 2. The Labute approximate surface area is 143 Å². The fourth-order valence-electron chi connectivity index (χ4n) is 3.65. The minimum absolute atomic E-state index is 0.675. The Balaban J connectivity index is 2.21. The lowest BCUT2D eigenvalue weighted by atomic mass is 9.84. The molecular formula is C21H24O3. The summed E-state index contributed by atoms with van der Waals surface area (Å²) in [6.07, 6.45) is 3.52. The van der Waals surface area contributed by atoms with Crippen LogP contribution in [0.5, 0.6) is 0 Å². The van der Waals surface area contributed by atoms with E-state index in [0.717, 1.165) is 23.1 Å². The molecule has 126 valence electrons. The van der Waals surface area contributed by atoms with Crippen LogP contribution >= 0.6 is 0 Å². The Kier molecular flexibility index (Phi) is 4.59. The molecule has 1 aliphatic rings. The van der Waals surface area contributed by atoms with Crippen molar-refractivity contribution in [3.63, 3.8) is 0 Å². The summed E-state index contributed by atoms with van der Waals surface area (Å²) in [5, 5.41) is 11.2. The van der Waals surface area contributed by atoms with E-state index in [-0.39, 0.29) is 0 Å². The minimum atomic E-state index is -1.06. The zero-order valence-corrected chi connectivity index (χ0v) is 14.5. The summed E-state index contributed by atoms with van der Waals surface area (Å²) in [5.74, 6) is -1.06. The molecule has 0 saturated carbocycles. The molecule has 0 aromatic heterocycles. The van der Waals surface area contributed by atoms with Crippen molar-refractivity contribution >= 4 is 0 Å². The second-order valence-electron chi connectivity index (χ2n) is 6.35. The van der Waals surface area contributed by atoms with Crippen molar-refractivity contribution in [1.29, 1.82) is 0 Å². The van der Waals surface area contributed by atoms with E-state index in [4.69, 9.17) is 9.47 Å². The van der Waals surface area contributed by atoms with E-state index in [1.54, 1.807) is 14.2 Å². The van der Waals surface area contributed by atoms with Gasteiger partial charge in [0.15, 0.2) is 0 Å². The van der Waals surface area contributed by atoms with E-state index in [1.165, 1.54) is 5.57 Å². The minimum Gasteiger partial charge on any atom is -0.381 e. The lowest BCUT2D eigenvalue weighted by Crippen LogP contribution is -2.36. The second kappa shape index (κ2) is 6.52. The highest BCUT2D eigenvalue weighted by molar-refractivity contribution is 5.45. The summed E-state index contributed by atoms with van der Waals surface area (Å²) in [6, 6.07) is 17.6. The van der Waals surface area contributed by atoms with E-state index in [9.17, 15) is 5.11 Å². The lowest BCUT2D eigenvalue weighted by molar-refractivity contribution is -0.185. The average Bonchev–Trinajstić information content (AvgIpc) is 2.98. The van der Waals surface area contributed by atoms with Gasteiger partial charge in [0.2, 0.25) is 5.79 Å². The Morgan fingerprint density at radius 2 is 1.58 bits per heavy atom. The van der Waals surface area contributed by atoms with Gasteiger partial charge in [-0.2, -0.15) is 0 Å². The molecule has 2 aromatic carbocycles. The second-order valence-corrected chi connectivity index (χ2v) is 6.35. The van der Waals surface area contributed by atoms with Gasteiger partial charge in [-0.25, -0.2) is 0 Å². The summed E-state index contributed by atoms with van der Waals surface area (Å²) in [7, 11) is 3.26. The molecule has 24 heavy (non-hydrogen) atoms. The zero-order valence-electron chi connectivity index (χ0n) is 14.5. The Morgan fingerprint density at radius 3 is 2.17 bits per heavy atom. The van der Waals surface area contributed by atoms with Gasteiger partial charge in [0.1, 0.15) is 5.60 Å². The first-order chi connectivity index (χ1) is 11.6. The van der Waals surface area contributed by atoms with Gasteiger partial charge < -0.3 is 14.6 Å². The number of hydrogen-bond donors (Lipinski definition) is 1. The Morgan fingerprint density at radius 1 is 0.958 bits per heavy atom. The van der Waals surface area contributed by atoms with Crippen LogP contribution in [0.3, 0.4) is 0 Å². The Hall–Kier alpha value is -1.94. The highest BCUT2D eigenvalue weighted by Gasteiger charge is 2.42. The molecule has 2 aromatic rings. The van der Waals surface area contributed by atoms with Gasteiger partial charge in [0.25, 0.3) is 0 Å². The molecule has 0 fully saturated rings. The van der Waals surface area contributed by atoms with Crippen LogP contribution in [0.25, 0.3) is 0 Å². The van der Waals surface area contributed by atoms with Gasteiger partial charge >= 0.3 is 0 Å². The largest absolute Gasteiger partial charge is 0.381 e. The first kappa shape index (κ1) is 16.9. The molecule has 0 radical (unpaired) electrons. The predicted octanol–water partition coefficient (Wildman–Crippen LogP) is 4.11. The van der Waals surface area contributed by atoms with Crippen LogP contribution in [-0.2, 0) is 20.9 Å². The SMILES string of the molecule is COC(OC)(c1ccccc1)c1ccccc1C1(O)C=C(C)CC1. The molecule has 3 heteroatoms. The number of ether oxygens (including phenoxy) is 2. The monoisotopic (exact) mass is 324 g/mol. The maximum atomic E-state index is 11.2. The van der Waals surface area contributed by atoms with Gasteiger partial charge in [-0.3, -0.25) is 0 Å². The van der Waals surface area contributed by atoms with Crippen molar-refractivity contribution < 1.29 is 14.6 Å². The van der Waals surface area contributed by atoms with Crippen LogP contribution in [0.1, 0.15) is 36.5 Å². The van der Waals surface area contributed by atoms with Crippen LogP contribution < -0.4 is 0 Å². The van der Waals surface area contributed by atoms with Crippen molar-refractivity contribution in [3.05, 3.63) is 82.9 Å². The first-order valence-corrected chi connectivity index (χ1v) is 8.22. The van der Waals surface area contributed by atoms with Crippen LogP contribution in [-0.4, -0.2) is 19.3 Å². The summed E-state index contributed by atoms with van der Waals surface area (Å²) in [5.41, 5.74) is 2.76. The smallest absolute Gasteiger partial charge is 0.222 e. The predicted molar refractivity (Wildman–Crippen MR) is 94.6 cm³/mol. The Bertz CT molecular complexity index is 732. The third-order valence-electron chi connectivity index (χ3n) is 4.86. The molecule has 0 bridgehead atoms. The van der Waals surface area contributed by atoms with Gasteiger partial charge in [-0.15, -0.1) is 0 Å². The van der Waals surface area contributed by atoms with E-state index in [1.807, 2.05) is 60.7 Å². The summed E-state index contributed by atoms with van der Waals surface area (Å²) in [4.78, 5) is 0. The average molecular weight is 324 g/mol. The third-order valence-corrected chi connectivity index (χ3v) is 4.86. The fourth-order valence-corrected chi connectivity index (χ4v) is 3.65. The quantitative estimate of drug-likeness (QED) is 0.664. The summed E-state index contributed by atoms with van der Waals surface area (Å²) in [6.45, 7) is 2.05. The van der Waals surface area contributed by atoms with Crippen molar-refractivity contribution in [2.45, 2.75) is 31.2 Å². The van der Waals surface area contributed by atoms with E-state index in [2.05, 4.69) is 6.92 Å². The fraction of sp³-hybridized carbons (Fsp3) is 0.333. The van der Waals surface area contributed by atoms with Crippen molar-refractivity contribution in [2.24, 2.45) is 0 Å². The number of methoxy groups -OCH3 is 2. The summed E-state index contributed by atoms with van der Waals surface area (Å²) < 4.78 is 11.8. The van der Waals surface area contributed by atoms with Crippen LogP contribution in [0.15, 0.2) is 66.2 Å². The number of aliphatic hydroxyl groups is 1. The maximum Gasteiger partial charge on any atom is 0.222 e. The molecule has 0 amide bonds. The van der Waals surface area contributed by atoms with Gasteiger partial charge in [0.05, 0.1) is 0 Å². The molecule has 1 atom stereocenters. The highest BCUT2D eigenvalue weighted by Crippen LogP contribution is 2.44.